The third-order valence-corrected chi connectivity index (χ3v) is 1.87. The molecule has 0 aromatic heterocycles. The maximum Gasteiger partial charge on any atom is 0.125 e. The van der Waals surface area contributed by atoms with Crippen molar-refractivity contribution >= 4 is 11.5 Å². The average Bonchev–Trinajstić information content (AvgIpc) is 1.98. The smallest absolute Gasteiger partial charge is 0.125 e. The maximum atomic E-state index is 4.46. The molecule has 0 spiro atoms. The molecule has 0 rings (SSSR count). The SMILES string of the molecule is CN=C(N=C(C)C(C)C)C(C)C. The molecule has 0 aliphatic rings. The van der Waals surface area contributed by atoms with Crippen LogP contribution in [0.15, 0.2) is 9.98 Å². The fourth-order valence-electron chi connectivity index (χ4n) is 0.747. The molecule has 0 aliphatic carbocycles. The van der Waals surface area contributed by atoms with Gasteiger partial charge in [0.25, 0.3) is 0 Å². The Bertz CT molecular complexity index is 188. The van der Waals surface area contributed by atoms with Gasteiger partial charge in [0.2, 0.25) is 0 Å². The fraction of sp³-hybridized carbons (Fsp3) is 0.800. The summed E-state index contributed by atoms with van der Waals surface area (Å²) in [7, 11) is 1.80. The van der Waals surface area contributed by atoms with E-state index < -0.39 is 0 Å². The van der Waals surface area contributed by atoms with Crippen LogP contribution in [0.5, 0.6) is 0 Å². The Morgan fingerprint density at radius 1 is 1.00 bits per heavy atom. The van der Waals surface area contributed by atoms with E-state index in [-0.39, 0.29) is 0 Å². The first kappa shape index (κ1) is 11.3. The summed E-state index contributed by atoms with van der Waals surface area (Å²) >= 11 is 0. The van der Waals surface area contributed by atoms with Crippen molar-refractivity contribution in [1.82, 2.24) is 0 Å². The zero-order chi connectivity index (χ0) is 9.72. The normalized spacial score (nSPS) is 14.7. The summed E-state index contributed by atoms with van der Waals surface area (Å²) in [6.45, 7) is 10.6. The lowest BCUT2D eigenvalue weighted by molar-refractivity contribution is 0.851. The van der Waals surface area contributed by atoms with E-state index >= 15 is 0 Å². The minimum absolute atomic E-state index is 0.420. The molecule has 0 aromatic carbocycles. The first-order valence-corrected chi connectivity index (χ1v) is 4.50. The first-order chi connectivity index (χ1) is 5.49. The van der Waals surface area contributed by atoms with Crippen LogP contribution in [0.3, 0.4) is 0 Å². The highest BCUT2D eigenvalue weighted by Gasteiger charge is 2.04. The predicted octanol–water partition coefficient (Wildman–Crippen LogP) is 2.79. The van der Waals surface area contributed by atoms with Crippen LogP contribution in [0, 0.1) is 11.8 Å². The predicted molar refractivity (Wildman–Crippen MR) is 56.1 cm³/mol. The van der Waals surface area contributed by atoms with Gasteiger partial charge in [-0.3, -0.25) is 4.99 Å². The summed E-state index contributed by atoms with van der Waals surface area (Å²) in [5, 5.41) is 0. The van der Waals surface area contributed by atoms with Gasteiger partial charge in [0, 0.05) is 18.7 Å². The van der Waals surface area contributed by atoms with Crippen LogP contribution < -0.4 is 0 Å². The Kier molecular flexibility index (Phi) is 4.79. The zero-order valence-corrected chi connectivity index (χ0v) is 9.05. The van der Waals surface area contributed by atoms with E-state index in [4.69, 9.17) is 0 Å². The van der Waals surface area contributed by atoms with Gasteiger partial charge < -0.3 is 0 Å². The van der Waals surface area contributed by atoms with Crippen molar-refractivity contribution in [2.24, 2.45) is 21.8 Å². The van der Waals surface area contributed by atoms with Crippen LogP contribution in [-0.2, 0) is 0 Å². The standard InChI is InChI=1S/C10H20N2/c1-7(2)9(5)12-10(11-6)8(3)4/h7-8H,1-6H3. The molecular weight excluding hydrogens is 148 g/mol. The monoisotopic (exact) mass is 168 g/mol. The molecule has 0 saturated heterocycles. The number of amidine groups is 1. The van der Waals surface area contributed by atoms with Crippen LogP contribution in [0.2, 0.25) is 0 Å². The lowest BCUT2D eigenvalue weighted by Crippen LogP contribution is -2.10. The topological polar surface area (TPSA) is 24.7 Å². The molecule has 0 atom stereocenters. The van der Waals surface area contributed by atoms with E-state index in [1.807, 2.05) is 0 Å². The third kappa shape index (κ3) is 3.65. The van der Waals surface area contributed by atoms with Crippen molar-refractivity contribution in [1.29, 1.82) is 0 Å². The fourth-order valence-corrected chi connectivity index (χ4v) is 0.747. The maximum absolute atomic E-state index is 4.46. The summed E-state index contributed by atoms with van der Waals surface area (Å²) < 4.78 is 0. The molecule has 2 heteroatoms. The van der Waals surface area contributed by atoms with Crippen LogP contribution in [0.4, 0.5) is 0 Å². The summed E-state index contributed by atoms with van der Waals surface area (Å²) in [5.41, 5.74) is 1.16. The first-order valence-electron chi connectivity index (χ1n) is 4.50. The molecule has 0 bridgehead atoms. The van der Waals surface area contributed by atoms with Gasteiger partial charge in [0.15, 0.2) is 0 Å². The Labute approximate surface area is 75.8 Å². The van der Waals surface area contributed by atoms with Crippen LogP contribution >= 0.6 is 0 Å². The highest BCUT2D eigenvalue weighted by Crippen LogP contribution is 2.03. The van der Waals surface area contributed by atoms with Gasteiger partial charge in [-0.2, -0.15) is 0 Å². The van der Waals surface area contributed by atoms with Gasteiger partial charge in [-0.05, 0) is 12.8 Å². The van der Waals surface area contributed by atoms with Gasteiger partial charge in [0.1, 0.15) is 5.84 Å². The van der Waals surface area contributed by atoms with Crippen molar-refractivity contribution < 1.29 is 0 Å². The van der Waals surface area contributed by atoms with E-state index in [0.29, 0.717) is 11.8 Å². The number of rotatable bonds is 2. The molecule has 0 fully saturated rings. The lowest BCUT2D eigenvalue weighted by Gasteiger charge is -2.07. The molecule has 2 nitrogen and oxygen atoms in total. The Morgan fingerprint density at radius 2 is 1.50 bits per heavy atom. The minimum Gasteiger partial charge on any atom is -0.274 e. The summed E-state index contributed by atoms with van der Waals surface area (Å²) in [6, 6.07) is 0. The quantitative estimate of drug-likeness (QED) is 0.447. The number of aliphatic imine (C=N–C) groups is 2. The summed E-state index contributed by atoms with van der Waals surface area (Å²) in [5.74, 6) is 1.88. The van der Waals surface area contributed by atoms with Gasteiger partial charge in [-0.15, -0.1) is 0 Å². The van der Waals surface area contributed by atoms with E-state index in [9.17, 15) is 0 Å². The second-order valence-electron chi connectivity index (χ2n) is 3.64. The van der Waals surface area contributed by atoms with E-state index in [1.165, 1.54) is 0 Å². The molecule has 0 unspecified atom stereocenters. The largest absolute Gasteiger partial charge is 0.274 e. The Balaban J connectivity index is 4.49. The molecule has 12 heavy (non-hydrogen) atoms. The highest BCUT2D eigenvalue weighted by atomic mass is 14.9. The van der Waals surface area contributed by atoms with Crippen molar-refractivity contribution in [2.45, 2.75) is 34.6 Å². The van der Waals surface area contributed by atoms with Crippen LogP contribution in [-0.4, -0.2) is 18.6 Å². The molecule has 0 amide bonds. The lowest BCUT2D eigenvalue weighted by atomic mass is 10.1. The van der Waals surface area contributed by atoms with E-state index in [2.05, 4.69) is 44.6 Å². The van der Waals surface area contributed by atoms with Crippen molar-refractivity contribution in [2.75, 3.05) is 7.05 Å². The molecule has 0 aromatic rings. The Hall–Kier alpha value is -0.660. The van der Waals surface area contributed by atoms with Gasteiger partial charge >= 0.3 is 0 Å². The van der Waals surface area contributed by atoms with Gasteiger partial charge in [-0.25, -0.2) is 4.99 Å². The molecule has 0 N–H and O–H groups in total. The molecule has 0 radical (unpaired) electrons. The molecular formula is C10H20N2. The van der Waals surface area contributed by atoms with Crippen molar-refractivity contribution in [3.63, 3.8) is 0 Å². The molecule has 0 heterocycles. The highest BCUT2D eigenvalue weighted by molar-refractivity contribution is 5.98. The molecule has 0 saturated carbocycles. The Morgan fingerprint density at radius 3 is 1.75 bits per heavy atom. The zero-order valence-electron chi connectivity index (χ0n) is 9.05. The van der Waals surface area contributed by atoms with E-state index in [1.54, 1.807) is 7.05 Å². The average molecular weight is 168 g/mol. The van der Waals surface area contributed by atoms with Gasteiger partial charge in [-0.1, -0.05) is 27.7 Å². The molecule has 70 valence electrons. The minimum atomic E-state index is 0.420. The van der Waals surface area contributed by atoms with Crippen molar-refractivity contribution in [3.05, 3.63) is 0 Å². The van der Waals surface area contributed by atoms with Crippen LogP contribution in [0.25, 0.3) is 0 Å². The van der Waals surface area contributed by atoms with Crippen molar-refractivity contribution in [3.8, 4) is 0 Å². The second-order valence-corrected chi connectivity index (χ2v) is 3.64. The van der Waals surface area contributed by atoms with Gasteiger partial charge in [0.05, 0.1) is 0 Å². The summed E-state index contributed by atoms with van der Waals surface area (Å²) in [4.78, 5) is 8.60. The second kappa shape index (κ2) is 5.07. The van der Waals surface area contributed by atoms with E-state index in [0.717, 1.165) is 11.5 Å². The third-order valence-electron chi connectivity index (χ3n) is 1.87. The number of nitrogens with zero attached hydrogens (tertiary/aromatic N) is 2. The number of hydrogen-bond acceptors (Lipinski definition) is 1. The van der Waals surface area contributed by atoms with Crippen LogP contribution in [0.1, 0.15) is 34.6 Å². The summed E-state index contributed by atoms with van der Waals surface area (Å²) in [6.07, 6.45) is 0. The number of hydrogen-bond donors (Lipinski definition) is 0. The molecule has 0 aliphatic heterocycles.